The molecule has 1 fully saturated rings. The van der Waals surface area contributed by atoms with Crippen molar-refractivity contribution in [3.05, 3.63) is 24.3 Å². The molecular weight excluding hydrogens is 152 g/mol. The fraction of sp³-hybridized carbons (Fsp3) is 0.600. The molecule has 1 saturated carbocycles. The van der Waals surface area contributed by atoms with Crippen LogP contribution >= 0.6 is 0 Å². The summed E-state index contributed by atoms with van der Waals surface area (Å²) in [4.78, 5) is 0. The summed E-state index contributed by atoms with van der Waals surface area (Å²) >= 11 is 0. The van der Waals surface area contributed by atoms with Crippen molar-refractivity contribution in [2.45, 2.75) is 32.0 Å². The SMILES string of the molecule is C=C(C)C1C[C@@H](O)C(=C)[C@H](O)C1. The van der Waals surface area contributed by atoms with Gasteiger partial charge in [-0.15, -0.1) is 0 Å². The van der Waals surface area contributed by atoms with Gasteiger partial charge in [0.2, 0.25) is 0 Å². The number of allylic oxidation sites excluding steroid dienone is 1. The molecule has 1 aliphatic carbocycles. The number of hydrogen-bond acceptors (Lipinski definition) is 2. The first-order valence-corrected chi connectivity index (χ1v) is 4.22. The molecule has 0 heterocycles. The quantitative estimate of drug-likeness (QED) is 0.578. The second kappa shape index (κ2) is 3.42. The normalized spacial score (nSPS) is 36.6. The van der Waals surface area contributed by atoms with Crippen molar-refractivity contribution in [1.82, 2.24) is 0 Å². The van der Waals surface area contributed by atoms with Gasteiger partial charge in [-0.25, -0.2) is 0 Å². The van der Waals surface area contributed by atoms with E-state index in [4.69, 9.17) is 0 Å². The van der Waals surface area contributed by atoms with Crippen LogP contribution in [0.1, 0.15) is 19.8 Å². The van der Waals surface area contributed by atoms with Gasteiger partial charge >= 0.3 is 0 Å². The van der Waals surface area contributed by atoms with E-state index < -0.39 is 12.2 Å². The predicted octanol–water partition coefficient (Wildman–Crippen LogP) is 1.25. The zero-order valence-electron chi connectivity index (χ0n) is 7.45. The number of aliphatic hydroxyl groups is 2. The topological polar surface area (TPSA) is 40.5 Å². The van der Waals surface area contributed by atoms with Crippen LogP contribution in [-0.4, -0.2) is 22.4 Å². The molecule has 0 radical (unpaired) electrons. The molecule has 0 aliphatic heterocycles. The standard InChI is InChI=1S/C10H16O2/c1-6(2)8-4-9(11)7(3)10(12)5-8/h8-12H,1,3-5H2,2H3/t9-,10-/m1/s1. The average molecular weight is 168 g/mol. The third kappa shape index (κ3) is 1.76. The Morgan fingerprint density at radius 2 is 1.75 bits per heavy atom. The molecule has 0 unspecified atom stereocenters. The van der Waals surface area contributed by atoms with Gasteiger partial charge < -0.3 is 10.2 Å². The zero-order valence-corrected chi connectivity index (χ0v) is 7.45. The van der Waals surface area contributed by atoms with Crippen molar-refractivity contribution in [2.75, 3.05) is 0 Å². The molecule has 2 N–H and O–H groups in total. The molecule has 2 nitrogen and oxygen atoms in total. The van der Waals surface area contributed by atoms with Crippen LogP contribution in [0.5, 0.6) is 0 Å². The molecule has 0 amide bonds. The highest BCUT2D eigenvalue weighted by molar-refractivity contribution is 5.16. The Hall–Kier alpha value is -0.600. The Kier molecular flexibility index (Phi) is 2.70. The van der Waals surface area contributed by atoms with Crippen LogP contribution in [-0.2, 0) is 0 Å². The van der Waals surface area contributed by atoms with Gasteiger partial charge in [-0.1, -0.05) is 18.7 Å². The predicted molar refractivity (Wildman–Crippen MR) is 48.7 cm³/mol. The van der Waals surface area contributed by atoms with Crippen LogP contribution in [0.3, 0.4) is 0 Å². The summed E-state index contributed by atoms with van der Waals surface area (Å²) in [5, 5.41) is 18.9. The van der Waals surface area contributed by atoms with Crippen molar-refractivity contribution in [3.8, 4) is 0 Å². The van der Waals surface area contributed by atoms with E-state index in [2.05, 4.69) is 13.2 Å². The molecule has 2 heteroatoms. The maximum Gasteiger partial charge on any atom is 0.0778 e. The summed E-state index contributed by atoms with van der Waals surface area (Å²) in [7, 11) is 0. The van der Waals surface area contributed by atoms with E-state index in [1.54, 1.807) is 0 Å². The lowest BCUT2D eigenvalue weighted by Crippen LogP contribution is -2.32. The van der Waals surface area contributed by atoms with Crippen molar-refractivity contribution in [3.63, 3.8) is 0 Å². The Bertz CT molecular complexity index is 194. The largest absolute Gasteiger partial charge is 0.389 e. The lowest BCUT2D eigenvalue weighted by atomic mass is 9.79. The van der Waals surface area contributed by atoms with Crippen LogP contribution in [0, 0.1) is 5.92 Å². The first-order chi connectivity index (χ1) is 5.52. The summed E-state index contributed by atoms with van der Waals surface area (Å²) < 4.78 is 0. The summed E-state index contributed by atoms with van der Waals surface area (Å²) in [6.07, 6.45) is 0.196. The van der Waals surface area contributed by atoms with Crippen LogP contribution in [0.15, 0.2) is 24.3 Å². The summed E-state index contributed by atoms with van der Waals surface area (Å²) in [6, 6.07) is 0. The van der Waals surface area contributed by atoms with E-state index in [9.17, 15) is 10.2 Å². The monoisotopic (exact) mass is 168 g/mol. The Labute approximate surface area is 73.2 Å². The highest BCUT2D eigenvalue weighted by Gasteiger charge is 2.29. The molecule has 1 rings (SSSR count). The molecule has 1 aliphatic rings. The summed E-state index contributed by atoms with van der Waals surface area (Å²) in [5.74, 6) is 0.237. The fourth-order valence-corrected chi connectivity index (χ4v) is 1.56. The molecule has 2 atom stereocenters. The Morgan fingerprint density at radius 1 is 1.33 bits per heavy atom. The number of hydrogen-bond donors (Lipinski definition) is 2. The third-order valence-electron chi connectivity index (χ3n) is 2.57. The van der Waals surface area contributed by atoms with Gasteiger partial charge in [0.05, 0.1) is 12.2 Å². The van der Waals surface area contributed by atoms with E-state index in [-0.39, 0.29) is 5.92 Å². The van der Waals surface area contributed by atoms with Crippen LogP contribution in [0.25, 0.3) is 0 Å². The minimum atomic E-state index is -0.560. The van der Waals surface area contributed by atoms with E-state index in [0.717, 1.165) is 5.57 Å². The lowest BCUT2D eigenvalue weighted by molar-refractivity contribution is 0.0804. The minimum Gasteiger partial charge on any atom is -0.389 e. The highest BCUT2D eigenvalue weighted by atomic mass is 16.3. The van der Waals surface area contributed by atoms with E-state index in [1.807, 2.05) is 6.92 Å². The maximum atomic E-state index is 9.47. The first kappa shape index (κ1) is 9.49. The summed E-state index contributed by atoms with van der Waals surface area (Å²) in [6.45, 7) is 9.39. The van der Waals surface area contributed by atoms with Crippen LogP contribution in [0.2, 0.25) is 0 Å². The maximum absolute atomic E-state index is 9.47. The van der Waals surface area contributed by atoms with Crippen molar-refractivity contribution in [2.24, 2.45) is 5.92 Å². The van der Waals surface area contributed by atoms with Crippen LogP contribution in [0.4, 0.5) is 0 Å². The number of aliphatic hydroxyl groups excluding tert-OH is 2. The van der Waals surface area contributed by atoms with Crippen molar-refractivity contribution < 1.29 is 10.2 Å². The fourth-order valence-electron chi connectivity index (χ4n) is 1.56. The Morgan fingerprint density at radius 3 is 2.08 bits per heavy atom. The molecule has 0 bridgehead atoms. The molecule has 0 saturated heterocycles. The molecule has 0 aromatic carbocycles. The second-order valence-corrected chi connectivity index (χ2v) is 3.62. The molecule has 0 spiro atoms. The van der Waals surface area contributed by atoms with E-state index in [0.29, 0.717) is 18.4 Å². The minimum absolute atomic E-state index is 0.237. The second-order valence-electron chi connectivity index (χ2n) is 3.62. The van der Waals surface area contributed by atoms with Gasteiger partial charge in [-0.2, -0.15) is 0 Å². The van der Waals surface area contributed by atoms with Crippen LogP contribution < -0.4 is 0 Å². The summed E-state index contributed by atoms with van der Waals surface area (Å²) in [5.41, 5.74) is 1.58. The van der Waals surface area contributed by atoms with Crippen molar-refractivity contribution in [1.29, 1.82) is 0 Å². The zero-order chi connectivity index (χ0) is 9.30. The number of rotatable bonds is 1. The third-order valence-corrected chi connectivity index (χ3v) is 2.57. The lowest BCUT2D eigenvalue weighted by Gasteiger charge is -2.32. The molecule has 68 valence electrons. The van der Waals surface area contributed by atoms with Gasteiger partial charge in [0.25, 0.3) is 0 Å². The van der Waals surface area contributed by atoms with Gasteiger partial charge in [0, 0.05) is 0 Å². The molecule has 0 aromatic heterocycles. The molecule has 12 heavy (non-hydrogen) atoms. The van der Waals surface area contributed by atoms with Gasteiger partial charge in [-0.3, -0.25) is 0 Å². The average Bonchev–Trinajstić information content (AvgIpc) is 1.99. The van der Waals surface area contributed by atoms with Gasteiger partial charge in [0.15, 0.2) is 0 Å². The molecule has 0 aromatic rings. The smallest absolute Gasteiger partial charge is 0.0778 e. The van der Waals surface area contributed by atoms with Gasteiger partial charge in [-0.05, 0) is 31.3 Å². The van der Waals surface area contributed by atoms with Crippen molar-refractivity contribution >= 4 is 0 Å². The first-order valence-electron chi connectivity index (χ1n) is 4.22. The van der Waals surface area contributed by atoms with E-state index >= 15 is 0 Å². The van der Waals surface area contributed by atoms with Gasteiger partial charge in [0.1, 0.15) is 0 Å². The Balaban J connectivity index is 2.65. The molecular formula is C10H16O2. The highest BCUT2D eigenvalue weighted by Crippen LogP contribution is 2.31. The van der Waals surface area contributed by atoms with E-state index in [1.165, 1.54) is 0 Å².